The number of hydrogen-bond donors (Lipinski definition) is 0. The molecule has 0 saturated heterocycles. The van der Waals surface area contributed by atoms with E-state index < -0.39 is 6.10 Å². The van der Waals surface area contributed by atoms with E-state index in [0.717, 1.165) is 128 Å². The van der Waals surface area contributed by atoms with Gasteiger partial charge in [-0.2, -0.15) is 0 Å². The summed E-state index contributed by atoms with van der Waals surface area (Å²) >= 11 is 0. The number of unbranched alkanes of at least 4 members (excludes halogenated alkanes) is 21. The van der Waals surface area contributed by atoms with Gasteiger partial charge in [0.25, 0.3) is 0 Å². The van der Waals surface area contributed by atoms with Gasteiger partial charge in [-0.3, -0.25) is 14.4 Å². The smallest absolute Gasteiger partial charge is 0.306 e. The van der Waals surface area contributed by atoms with Crippen molar-refractivity contribution >= 4 is 17.9 Å². The molecule has 0 aromatic rings. The van der Waals surface area contributed by atoms with E-state index >= 15 is 0 Å². The highest BCUT2D eigenvalue weighted by molar-refractivity contribution is 5.71. The van der Waals surface area contributed by atoms with Crippen LogP contribution in [0.5, 0.6) is 0 Å². The van der Waals surface area contributed by atoms with Gasteiger partial charge in [0.05, 0.1) is 0 Å². The lowest BCUT2D eigenvalue weighted by Gasteiger charge is -2.18. The van der Waals surface area contributed by atoms with Gasteiger partial charge in [-0.1, -0.05) is 196 Å². The molecular weight excluding hydrogens is 757 g/mol. The SMILES string of the molecule is CC/C=C\C/C=C\C/C=C\CCCCCCC(=O)OC(COC(=O)CCCCCCC\C=C/C=C\C=C/CCCCCCC)COC(=O)CCCCCCC/C=C\CCCC. The Hall–Kier alpha value is -3.41. The van der Waals surface area contributed by atoms with Gasteiger partial charge < -0.3 is 14.2 Å². The molecule has 0 bridgehead atoms. The number of carbonyl (C=O) groups excluding carboxylic acids is 3. The Labute approximate surface area is 375 Å². The summed E-state index contributed by atoms with van der Waals surface area (Å²) in [7, 11) is 0. The third-order valence-corrected chi connectivity index (χ3v) is 10.4. The van der Waals surface area contributed by atoms with Gasteiger partial charge in [0.15, 0.2) is 6.10 Å². The molecule has 6 heteroatoms. The van der Waals surface area contributed by atoms with Crippen LogP contribution in [-0.2, 0) is 28.6 Å². The summed E-state index contributed by atoms with van der Waals surface area (Å²) in [6, 6.07) is 0. The molecule has 1 unspecified atom stereocenters. The lowest BCUT2D eigenvalue weighted by atomic mass is 10.1. The number of ether oxygens (including phenoxy) is 3. The minimum Gasteiger partial charge on any atom is -0.462 e. The molecule has 61 heavy (non-hydrogen) atoms. The van der Waals surface area contributed by atoms with E-state index in [1.807, 2.05) is 0 Å². The van der Waals surface area contributed by atoms with Crippen molar-refractivity contribution in [1.29, 1.82) is 0 Å². The molecule has 0 aliphatic carbocycles. The molecule has 1 atom stereocenters. The third kappa shape index (κ3) is 47.5. The Bertz CT molecular complexity index is 1200. The Morgan fingerprint density at radius 2 is 0.721 bits per heavy atom. The van der Waals surface area contributed by atoms with Crippen molar-refractivity contribution < 1.29 is 28.6 Å². The first-order valence-corrected chi connectivity index (χ1v) is 25.1. The average molecular weight is 849 g/mol. The fourth-order valence-corrected chi connectivity index (χ4v) is 6.61. The second-order valence-corrected chi connectivity index (χ2v) is 16.4. The molecule has 0 spiro atoms. The predicted octanol–water partition coefficient (Wildman–Crippen LogP) is 16.4. The third-order valence-electron chi connectivity index (χ3n) is 10.4. The van der Waals surface area contributed by atoms with Crippen molar-refractivity contribution in [3.8, 4) is 0 Å². The van der Waals surface area contributed by atoms with E-state index in [0.29, 0.717) is 19.3 Å². The van der Waals surface area contributed by atoms with Crippen LogP contribution in [0, 0.1) is 0 Å². The zero-order valence-corrected chi connectivity index (χ0v) is 39.7. The molecule has 0 fully saturated rings. The van der Waals surface area contributed by atoms with E-state index in [-0.39, 0.29) is 31.1 Å². The Morgan fingerprint density at radius 3 is 1.20 bits per heavy atom. The Morgan fingerprint density at radius 1 is 0.361 bits per heavy atom. The minimum absolute atomic E-state index is 0.0979. The molecule has 348 valence electrons. The first-order valence-electron chi connectivity index (χ1n) is 25.1. The summed E-state index contributed by atoms with van der Waals surface area (Å²) in [4.78, 5) is 37.9. The molecular formula is C55H92O6. The predicted molar refractivity (Wildman–Crippen MR) is 261 cm³/mol. The van der Waals surface area contributed by atoms with Gasteiger partial charge in [-0.25, -0.2) is 0 Å². The van der Waals surface area contributed by atoms with Crippen LogP contribution in [0.15, 0.2) is 85.1 Å². The molecule has 0 aromatic carbocycles. The number of allylic oxidation sites excluding steroid dienone is 14. The molecule has 0 amide bonds. The van der Waals surface area contributed by atoms with E-state index in [2.05, 4.69) is 106 Å². The standard InChI is InChI=1S/C55H92O6/c1-4-7-10-13-16-19-22-24-26-27-28-29-31-33-36-39-42-45-48-54(57)60-51-52(50-59-53(56)47-44-41-38-35-32-21-18-15-12-9-6-3)61-55(58)49-46-43-40-37-34-30-25-23-20-17-14-11-8-5-2/h8,11,15,17-18,20,22,24-30,52H,4-7,9-10,12-14,16,19,21,23,31-51H2,1-3H3/b11-8-,18-15-,20-17-,24-22-,27-26-,29-28-,30-25-. The van der Waals surface area contributed by atoms with Crippen molar-refractivity contribution in [1.82, 2.24) is 0 Å². The van der Waals surface area contributed by atoms with E-state index in [1.165, 1.54) is 57.8 Å². The molecule has 0 aromatic heterocycles. The average Bonchev–Trinajstić information content (AvgIpc) is 3.26. The summed E-state index contributed by atoms with van der Waals surface area (Å²) in [6.45, 7) is 6.41. The van der Waals surface area contributed by atoms with Crippen molar-refractivity contribution in [2.24, 2.45) is 0 Å². The van der Waals surface area contributed by atoms with Gasteiger partial charge in [-0.15, -0.1) is 0 Å². The molecule has 0 heterocycles. The number of carbonyl (C=O) groups is 3. The molecule has 0 aliphatic rings. The monoisotopic (exact) mass is 849 g/mol. The van der Waals surface area contributed by atoms with Crippen molar-refractivity contribution in [3.63, 3.8) is 0 Å². The number of hydrogen-bond acceptors (Lipinski definition) is 6. The molecule has 0 radical (unpaired) electrons. The second kappa shape index (κ2) is 49.2. The molecule has 0 rings (SSSR count). The molecule has 6 nitrogen and oxygen atoms in total. The lowest BCUT2D eigenvalue weighted by molar-refractivity contribution is -0.167. The summed E-state index contributed by atoms with van der Waals surface area (Å²) in [5.41, 5.74) is 0. The quantitative estimate of drug-likeness (QED) is 0.0200. The van der Waals surface area contributed by atoms with E-state index in [1.54, 1.807) is 0 Å². The maximum absolute atomic E-state index is 12.8. The van der Waals surface area contributed by atoms with Crippen LogP contribution >= 0.6 is 0 Å². The molecule has 0 saturated carbocycles. The van der Waals surface area contributed by atoms with Gasteiger partial charge in [0, 0.05) is 19.3 Å². The normalized spacial score (nSPS) is 12.8. The van der Waals surface area contributed by atoms with Crippen molar-refractivity contribution in [3.05, 3.63) is 85.1 Å². The highest BCUT2D eigenvalue weighted by Gasteiger charge is 2.19. The van der Waals surface area contributed by atoms with E-state index in [9.17, 15) is 14.4 Å². The van der Waals surface area contributed by atoms with Gasteiger partial charge in [0.2, 0.25) is 0 Å². The highest BCUT2D eigenvalue weighted by Crippen LogP contribution is 2.13. The Balaban J connectivity index is 4.45. The summed E-state index contributed by atoms with van der Waals surface area (Å²) in [5, 5.41) is 0. The van der Waals surface area contributed by atoms with Gasteiger partial charge >= 0.3 is 17.9 Å². The van der Waals surface area contributed by atoms with Crippen LogP contribution in [0.3, 0.4) is 0 Å². The van der Waals surface area contributed by atoms with Crippen LogP contribution in [-0.4, -0.2) is 37.2 Å². The zero-order valence-electron chi connectivity index (χ0n) is 39.7. The number of esters is 3. The fourth-order valence-electron chi connectivity index (χ4n) is 6.61. The van der Waals surface area contributed by atoms with Crippen LogP contribution in [0.25, 0.3) is 0 Å². The second-order valence-electron chi connectivity index (χ2n) is 16.4. The summed E-state index contributed by atoms with van der Waals surface area (Å²) in [6.07, 6.45) is 62.8. The Kier molecular flexibility index (Phi) is 46.5. The molecule has 0 N–H and O–H groups in total. The number of rotatable bonds is 44. The van der Waals surface area contributed by atoms with Crippen molar-refractivity contribution in [2.75, 3.05) is 13.2 Å². The van der Waals surface area contributed by atoms with Crippen LogP contribution in [0.2, 0.25) is 0 Å². The first kappa shape index (κ1) is 57.6. The fraction of sp³-hybridized carbons (Fsp3) is 0.691. The minimum atomic E-state index is -0.799. The maximum atomic E-state index is 12.8. The zero-order chi connectivity index (χ0) is 44.4. The first-order chi connectivity index (χ1) is 30.0. The molecule has 0 aliphatic heterocycles. The van der Waals surface area contributed by atoms with Crippen LogP contribution < -0.4 is 0 Å². The summed E-state index contributed by atoms with van der Waals surface area (Å²) < 4.78 is 16.7. The van der Waals surface area contributed by atoms with Crippen molar-refractivity contribution in [2.45, 2.75) is 232 Å². The summed E-state index contributed by atoms with van der Waals surface area (Å²) in [5.74, 6) is -0.953. The van der Waals surface area contributed by atoms with Gasteiger partial charge in [-0.05, 0) is 96.3 Å². The van der Waals surface area contributed by atoms with Crippen LogP contribution in [0.4, 0.5) is 0 Å². The topological polar surface area (TPSA) is 78.9 Å². The maximum Gasteiger partial charge on any atom is 0.306 e. The van der Waals surface area contributed by atoms with Gasteiger partial charge in [0.1, 0.15) is 13.2 Å². The van der Waals surface area contributed by atoms with E-state index in [4.69, 9.17) is 14.2 Å². The highest BCUT2D eigenvalue weighted by atomic mass is 16.6. The largest absolute Gasteiger partial charge is 0.462 e. The van der Waals surface area contributed by atoms with Crippen LogP contribution in [0.1, 0.15) is 226 Å². The lowest BCUT2D eigenvalue weighted by Crippen LogP contribution is -2.30.